The minimum absolute atomic E-state index is 0.0568. The number of allylic oxidation sites excluding steroid dienone is 3. The Kier molecular flexibility index (Phi) is 8.22. The highest BCUT2D eigenvalue weighted by Gasteiger charge is 2.17. The lowest BCUT2D eigenvalue weighted by atomic mass is 9.85. The number of hydrogen-bond acceptors (Lipinski definition) is 1. The van der Waals surface area contributed by atoms with Crippen LogP contribution in [0, 0.1) is 5.41 Å². The van der Waals surface area contributed by atoms with Crippen LogP contribution >= 0.6 is 0 Å². The van der Waals surface area contributed by atoms with Gasteiger partial charge in [0.2, 0.25) is 0 Å². The molecule has 0 radical (unpaired) electrons. The molecule has 1 nitrogen and oxygen atoms in total. The average Bonchev–Trinajstić information content (AvgIpc) is 2.15. The van der Waals surface area contributed by atoms with Crippen molar-refractivity contribution in [1.82, 2.24) is 0 Å². The highest BCUT2D eigenvalue weighted by molar-refractivity contribution is 5.31. The molecule has 0 aliphatic rings. The maximum atomic E-state index is 5.17. The summed E-state index contributed by atoms with van der Waals surface area (Å²) in [5, 5.41) is 0. The molecule has 0 fully saturated rings. The van der Waals surface area contributed by atoms with Gasteiger partial charge in [0, 0.05) is 0 Å². The molecule has 0 unspecified atom stereocenters. The molecular formula is C13H24O. The first-order valence-electron chi connectivity index (χ1n) is 5.01. The third-order valence-electron chi connectivity index (χ3n) is 1.68. The quantitative estimate of drug-likeness (QED) is 0.482. The Morgan fingerprint density at radius 2 is 1.50 bits per heavy atom. The molecule has 0 aliphatic carbocycles. The predicted molar refractivity (Wildman–Crippen MR) is 65.2 cm³/mol. The van der Waals surface area contributed by atoms with Crippen LogP contribution in [0.1, 0.15) is 34.6 Å². The van der Waals surface area contributed by atoms with Gasteiger partial charge in [-0.15, -0.1) is 0 Å². The van der Waals surface area contributed by atoms with E-state index in [4.69, 9.17) is 4.74 Å². The summed E-state index contributed by atoms with van der Waals surface area (Å²) < 4.78 is 5.17. The summed E-state index contributed by atoms with van der Waals surface area (Å²) in [6, 6.07) is 0. The van der Waals surface area contributed by atoms with Crippen molar-refractivity contribution >= 4 is 0 Å². The van der Waals surface area contributed by atoms with Crippen molar-refractivity contribution < 1.29 is 4.74 Å². The lowest BCUT2D eigenvalue weighted by Gasteiger charge is -2.22. The van der Waals surface area contributed by atoms with Crippen molar-refractivity contribution in [3.63, 3.8) is 0 Å². The van der Waals surface area contributed by atoms with Gasteiger partial charge in [0.1, 0.15) is 5.76 Å². The highest BCUT2D eigenvalue weighted by atomic mass is 16.5. The molecule has 0 spiro atoms. The fraction of sp³-hybridized carbons (Fsp3) is 0.538. The van der Waals surface area contributed by atoms with Gasteiger partial charge in [-0.2, -0.15) is 0 Å². The molecular weight excluding hydrogens is 172 g/mol. The summed E-state index contributed by atoms with van der Waals surface area (Å²) in [6.07, 6.45) is 3.53. The maximum Gasteiger partial charge on any atom is 0.121 e. The highest BCUT2D eigenvalue weighted by Crippen LogP contribution is 2.29. The van der Waals surface area contributed by atoms with Crippen LogP contribution in [0.5, 0.6) is 0 Å². The van der Waals surface area contributed by atoms with Crippen molar-refractivity contribution in [2.75, 3.05) is 7.11 Å². The summed E-state index contributed by atoms with van der Waals surface area (Å²) in [5.41, 5.74) is 1.14. The number of rotatable bonds is 3. The van der Waals surface area contributed by atoms with E-state index in [1.165, 1.54) is 0 Å². The summed E-state index contributed by atoms with van der Waals surface area (Å²) >= 11 is 0. The second-order valence-electron chi connectivity index (χ2n) is 3.64. The zero-order valence-electron chi connectivity index (χ0n) is 10.5. The minimum Gasteiger partial charge on any atom is -0.496 e. The second kappa shape index (κ2) is 7.43. The van der Waals surface area contributed by atoms with Crippen molar-refractivity contribution in [3.05, 3.63) is 36.6 Å². The van der Waals surface area contributed by atoms with Gasteiger partial charge in [0.15, 0.2) is 0 Å². The Morgan fingerprint density at radius 3 is 1.57 bits per heavy atom. The normalized spacial score (nSPS) is 11.9. The van der Waals surface area contributed by atoms with Gasteiger partial charge in [-0.1, -0.05) is 53.9 Å². The van der Waals surface area contributed by atoms with E-state index in [0.29, 0.717) is 0 Å². The van der Waals surface area contributed by atoms with E-state index in [1.807, 2.05) is 19.9 Å². The molecule has 0 N–H and O–H groups in total. The van der Waals surface area contributed by atoms with Crippen molar-refractivity contribution in [1.29, 1.82) is 0 Å². The first-order valence-corrected chi connectivity index (χ1v) is 5.01. The van der Waals surface area contributed by atoms with Crippen LogP contribution < -0.4 is 0 Å². The molecule has 0 saturated heterocycles. The molecule has 82 valence electrons. The summed E-state index contributed by atoms with van der Waals surface area (Å²) in [7, 11) is 1.65. The third-order valence-corrected chi connectivity index (χ3v) is 1.68. The van der Waals surface area contributed by atoms with Gasteiger partial charge >= 0.3 is 0 Å². The van der Waals surface area contributed by atoms with Crippen LogP contribution in [-0.4, -0.2) is 7.11 Å². The fourth-order valence-electron chi connectivity index (χ4n) is 1.08. The fourth-order valence-corrected chi connectivity index (χ4v) is 1.08. The SMILES string of the molecule is C=C/C(OC)=C(\C=C)C(C)(C)C.CC. The Balaban J connectivity index is 0. The summed E-state index contributed by atoms with van der Waals surface area (Å²) in [6.45, 7) is 17.8. The van der Waals surface area contributed by atoms with Gasteiger partial charge in [-0.05, 0) is 17.1 Å². The molecule has 0 bridgehead atoms. The lowest BCUT2D eigenvalue weighted by Crippen LogP contribution is -2.10. The second-order valence-corrected chi connectivity index (χ2v) is 3.64. The maximum absolute atomic E-state index is 5.17. The van der Waals surface area contributed by atoms with E-state index in [1.54, 1.807) is 13.2 Å². The van der Waals surface area contributed by atoms with Crippen molar-refractivity contribution in [2.45, 2.75) is 34.6 Å². The zero-order chi connectivity index (χ0) is 11.8. The van der Waals surface area contributed by atoms with Crippen molar-refractivity contribution in [2.24, 2.45) is 5.41 Å². The first kappa shape index (κ1) is 15.5. The molecule has 14 heavy (non-hydrogen) atoms. The van der Waals surface area contributed by atoms with E-state index < -0.39 is 0 Å². The van der Waals surface area contributed by atoms with Crippen LogP contribution in [0.15, 0.2) is 36.6 Å². The predicted octanol–water partition coefficient (Wildman–Crippen LogP) is 4.33. The molecule has 0 aromatic heterocycles. The molecule has 0 aliphatic heterocycles. The van der Waals surface area contributed by atoms with Gasteiger partial charge in [-0.3, -0.25) is 0 Å². The Bertz CT molecular complexity index is 204. The topological polar surface area (TPSA) is 9.23 Å². The third kappa shape index (κ3) is 4.90. The largest absolute Gasteiger partial charge is 0.496 e. The molecule has 0 rings (SSSR count). The van der Waals surface area contributed by atoms with Gasteiger partial charge < -0.3 is 4.74 Å². The summed E-state index contributed by atoms with van der Waals surface area (Å²) in [4.78, 5) is 0. The van der Waals surface area contributed by atoms with Crippen LogP contribution in [-0.2, 0) is 4.74 Å². The molecule has 0 atom stereocenters. The van der Waals surface area contributed by atoms with E-state index in [0.717, 1.165) is 11.3 Å². The lowest BCUT2D eigenvalue weighted by molar-refractivity contribution is 0.293. The molecule has 0 saturated carbocycles. The van der Waals surface area contributed by atoms with Crippen LogP contribution in [0.25, 0.3) is 0 Å². The van der Waals surface area contributed by atoms with Crippen LogP contribution in [0.3, 0.4) is 0 Å². The van der Waals surface area contributed by atoms with E-state index in [-0.39, 0.29) is 5.41 Å². The van der Waals surface area contributed by atoms with Crippen LogP contribution in [0.2, 0.25) is 0 Å². The Morgan fingerprint density at radius 1 is 1.07 bits per heavy atom. The van der Waals surface area contributed by atoms with E-state index >= 15 is 0 Å². The van der Waals surface area contributed by atoms with Gasteiger partial charge in [0.25, 0.3) is 0 Å². The molecule has 1 heteroatoms. The van der Waals surface area contributed by atoms with Gasteiger partial charge in [-0.25, -0.2) is 0 Å². The number of ether oxygens (including phenoxy) is 1. The van der Waals surface area contributed by atoms with E-state index in [9.17, 15) is 0 Å². The zero-order valence-corrected chi connectivity index (χ0v) is 10.5. The molecule has 0 heterocycles. The number of hydrogen-bond donors (Lipinski definition) is 0. The van der Waals surface area contributed by atoms with Crippen molar-refractivity contribution in [3.8, 4) is 0 Å². The number of methoxy groups -OCH3 is 1. The standard InChI is InChI=1S/C11H18O.C2H6/c1-7-9(11(3,4)5)10(8-2)12-6;1-2/h7-8H,1-2H2,3-6H3;1-2H3/b10-9-;. The average molecular weight is 196 g/mol. The Hall–Kier alpha value is -0.980. The first-order chi connectivity index (χ1) is 6.47. The minimum atomic E-state index is 0.0568. The smallest absolute Gasteiger partial charge is 0.121 e. The molecule has 0 aromatic carbocycles. The van der Waals surface area contributed by atoms with E-state index in [2.05, 4.69) is 33.9 Å². The molecule has 0 amide bonds. The Labute approximate surface area is 89.2 Å². The van der Waals surface area contributed by atoms with Crippen LogP contribution in [0.4, 0.5) is 0 Å². The van der Waals surface area contributed by atoms with Gasteiger partial charge in [0.05, 0.1) is 7.11 Å². The summed E-state index contributed by atoms with van der Waals surface area (Å²) in [5.74, 6) is 0.803. The monoisotopic (exact) mass is 196 g/mol. The molecule has 0 aromatic rings.